The van der Waals surface area contributed by atoms with Crippen LogP contribution in [0.15, 0.2) is 21.8 Å². The Morgan fingerprint density at radius 3 is 3.06 bits per heavy atom. The topological polar surface area (TPSA) is 18.5 Å². The van der Waals surface area contributed by atoms with E-state index in [1.54, 1.807) is 0 Å². The zero-order valence-corrected chi connectivity index (χ0v) is 14.0. The standard InChI is InChI=1S/C15H26O2Te/c1-3-4-12-18-13-9-14(2)8-11-17-15-7-5-6-10-16-15/h8-9,13,15H,3-7,10-12H2,1-2H3/b13-9-,14-8+. The first-order valence-corrected chi connectivity index (χ1v) is 10.0. The van der Waals surface area contributed by atoms with E-state index in [1.165, 1.54) is 35.7 Å². The van der Waals surface area contributed by atoms with Gasteiger partial charge in [-0.3, -0.25) is 0 Å². The summed E-state index contributed by atoms with van der Waals surface area (Å²) in [5, 5.41) is 0. The van der Waals surface area contributed by atoms with Crippen molar-refractivity contribution in [2.24, 2.45) is 0 Å². The van der Waals surface area contributed by atoms with E-state index >= 15 is 0 Å². The second-order valence-corrected chi connectivity index (χ2v) is 7.50. The van der Waals surface area contributed by atoms with Crippen molar-refractivity contribution in [1.29, 1.82) is 0 Å². The molecule has 0 bridgehead atoms. The molecule has 1 rings (SSSR count). The molecule has 1 saturated heterocycles. The molecule has 0 spiro atoms. The molecule has 2 nitrogen and oxygen atoms in total. The third-order valence-electron chi connectivity index (χ3n) is 2.87. The van der Waals surface area contributed by atoms with Crippen molar-refractivity contribution < 1.29 is 9.47 Å². The van der Waals surface area contributed by atoms with Crippen LogP contribution >= 0.6 is 0 Å². The summed E-state index contributed by atoms with van der Waals surface area (Å²) in [6, 6.07) is 0. The SMILES string of the molecule is CCCC[Te]/C=C\C(C)=C\COC1CCCCO1. The summed E-state index contributed by atoms with van der Waals surface area (Å²) in [5.41, 5.74) is 1.31. The molecule has 0 aromatic carbocycles. The summed E-state index contributed by atoms with van der Waals surface area (Å²) in [7, 11) is 0. The Labute approximate surface area is 122 Å². The molecule has 0 saturated carbocycles. The summed E-state index contributed by atoms with van der Waals surface area (Å²) in [4.78, 5) is 0. The van der Waals surface area contributed by atoms with Crippen molar-refractivity contribution in [1.82, 2.24) is 0 Å². The van der Waals surface area contributed by atoms with E-state index in [9.17, 15) is 0 Å². The van der Waals surface area contributed by atoms with E-state index in [0.717, 1.165) is 13.0 Å². The van der Waals surface area contributed by atoms with Crippen LogP contribution in [0, 0.1) is 0 Å². The van der Waals surface area contributed by atoms with Gasteiger partial charge in [0, 0.05) is 0 Å². The Bertz CT molecular complexity index is 255. The Hall–Kier alpha value is 0.190. The van der Waals surface area contributed by atoms with Gasteiger partial charge >= 0.3 is 122 Å². The Kier molecular flexibility index (Phi) is 9.98. The minimum atomic E-state index is 0.0325. The van der Waals surface area contributed by atoms with Gasteiger partial charge in [-0.2, -0.15) is 0 Å². The summed E-state index contributed by atoms with van der Waals surface area (Å²) in [6.45, 7) is 5.94. The Morgan fingerprint density at radius 1 is 1.44 bits per heavy atom. The van der Waals surface area contributed by atoms with Crippen molar-refractivity contribution in [3.05, 3.63) is 21.8 Å². The zero-order chi connectivity index (χ0) is 13.1. The molecule has 0 amide bonds. The summed E-state index contributed by atoms with van der Waals surface area (Å²) in [5.74, 6) is 0. The number of unbranched alkanes of at least 4 members (excludes halogenated alkanes) is 1. The first-order chi connectivity index (χ1) is 8.83. The molecule has 1 atom stereocenters. The molecule has 1 fully saturated rings. The molecule has 1 aliphatic heterocycles. The van der Waals surface area contributed by atoms with Crippen molar-refractivity contribution in [3.63, 3.8) is 0 Å². The van der Waals surface area contributed by atoms with E-state index in [2.05, 4.69) is 30.1 Å². The van der Waals surface area contributed by atoms with Crippen LogP contribution in [-0.4, -0.2) is 40.4 Å². The minimum absolute atomic E-state index is 0.0325. The van der Waals surface area contributed by atoms with Gasteiger partial charge in [0.05, 0.1) is 0 Å². The van der Waals surface area contributed by atoms with E-state index in [0.29, 0.717) is 6.61 Å². The number of ether oxygens (including phenoxy) is 2. The summed E-state index contributed by atoms with van der Waals surface area (Å²) < 4.78 is 15.0. The van der Waals surface area contributed by atoms with Crippen LogP contribution in [0.4, 0.5) is 0 Å². The van der Waals surface area contributed by atoms with Gasteiger partial charge in [-0.15, -0.1) is 0 Å². The van der Waals surface area contributed by atoms with Crippen molar-refractivity contribution in [2.75, 3.05) is 13.2 Å². The maximum absolute atomic E-state index is 5.68. The third-order valence-corrected chi connectivity index (χ3v) is 5.30. The molecule has 0 radical (unpaired) electrons. The molecule has 0 N–H and O–H groups in total. The van der Waals surface area contributed by atoms with Crippen molar-refractivity contribution in [3.8, 4) is 0 Å². The quantitative estimate of drug-likeness (QED) is 0.369. The van der Waals surface area contributed by atoms with Crippen LogP contribution < -0.4 is 0 Å². The fourth-order valence-electron chi connectivity index (χ4n) is 1.65. The van der Waals surface area contributed by atoms with Crippen LogP contribution in [0.5, 0.6) is 0 Å². The fraction of sp³-hybridized carbons (Fsp3) is 0.733. The van der Waals surface area contributed by atoms with Gasteiger partial charge in [-0.1, -0.05) is 0 Å². The van der Waals surface area contributed by atoms with Gasteiger partial charge in [0.1, 0.15) is 0 Å². The maximum atomic E-state index is 5.68. The molecule has 104 valence electrons. The van der Waals surface area contributed by atoms with Gasteiger partial charge in [-0.25, -0.2) is 0 Å². The number of allylic oxidation sites excluding steroid dienone is 2. The molecule has 3 heteroatoms. The fourth-order valence-corrected chi connectivity index (χ4v) is 4.22. The van der Waals surface area contributed by atoms with Gasteiger partial charge in [0.25, 0.3) is 0 Å². The average molecular weight is 366 g/mol. The molecule has 0 aliphatic carbocycles. The average Bonchev–Trinajstić information content (AvgIpc) is 2.40. The molecular weight excluding hydrogens is 340 g/mol. The monoisotopic (exact) mass is 368 g/mol. The summed E-state index contributed by atoms with van der Waals surface area (Å²) >= 11 is 0.102. The van der Waals surface area contributed by atoms with Crippen molar-refractivity contribution in [2.45, 2.75) is 56.7 Å². The molecule has 0 aromatic heterocycles. The van der Waals surface area contributed by atoms with Gasteiger partial charge in [0.15, 0.2) is 0 Å². The second kappa shape index (κ2) is 11.1. The Balaban J connectivity index is 2.08. The second-order valence-electron chi connectivity index (χ2n) is 4.60. The third kappa shape index (κ3) is 8.32. The van der Waals surface area contributed by atoms with E-state index in [-0.39, 0.29) is 27.2 Å². The van der Waals surface area contributed by atoms with Crippen LogP contribution in [0.1, 0.15) is 46.0 Å². The van der Waals surface area contributed by atoms with Gasteiger partial charge < -0.3 is 0 Å². The van der Waals surface area contributed by atoms with E-state index in [4.69, 9.17) is 9.47 Å². The van der Waals surface area contributed by atoms with Crippen LogP contribution in [0.25, 0.3) is 0 Å². The first-order valence-electron chi connectivity index (χ1n) is 7.01. The van der Waals surface area contributed by atoms with Gasteiger partial charge in [0.2, 0.25) is 0 Å². The molecule has 18 heavy (non-hydrogen) atoms. The molecule has 1 unspecified atom stereocenters. The Morgan fingerprint density at radius 2 is 2.33 bits per heavy atom. The molecule has 1 heterocycles. The number of hydrogen-bond donors (Lipinski definition) is 0. The van der Waals surface area contributed by atoms with Crippen LogP contribution in [0.3, 0.4) is 0 Å². The molecule has 0 aromatic rings. The zero-order valence-electron chi connectivity index (χ0n) is 11.7. The predicted molar refractivity (Wildman–Crippen MR) is 77.9 cm³/mol. The summed E-state index contributed by atoms with van der Waals surface area (Å²) in [6.07, 6.45) is 10.6. The number of rotatable bonds is 8. The normalized spacial score (nSPS) is 21.7. The van der Waals surface area contributed by atoms with Crippen LogP contribution in [-0.2, 0) is 9.47 Å². The molecular formula is C15H26O2Te. The van der Waals surface area contributed by atoms with Gasteiger partial charge in [-0.05, 0) is 0 Å². The predicted octanol–water partition coefficient (Wildman–Crippen LogP) is 3.91. The van der Waals surface area contributed by atoms with Crippen LogP contribution in [0.2, 0.25) is 4.47 Å². The first kappa shape index (κ1) is 16.2. The van der Waals surface area contributed by atoms with Crippen molar-refractivity contribution >= 4 is 20.9 Å². The number of hydrogen-bond acceptors (Lipinski definition) is 2. The van der Waals surface area contributed by atoms with E-state index in [1.807, 2.05) is 0 Å². The molecule has 1 aliphatic rings. The van der Waals surface area contributed by atoms with E-state index < -0.39 is 0 Å².